The quantitative estimate of drug-likeness (QED) is 0.660. The van der Waals surface area contributed by atoms with E-state index in [0.29, 0.717) is 11.1 Å². The molecule has 0 nitrogen and oxygen atoms in total. The van der Waals surface area contributed by atoms with Crippen molar-refractivity contribution in [2.24, 2.45) is 0 Å². The van der Waals surface area contributed by atoms with Gasteiger partial charge in [-0.15, -0.1) is 0 Å². The Kier molecular flexibility index (Phi) is 2.50. The molecule has 0 N–H and O–H groups in total. The van der Waals surface area contributed by atoms with Crippen LogP contribution in [0.2, 0.25) is 0 Å². The molecule has 2 aromatic carbocycles. The highest BCUT2D eigenvalue weighted by molar-refractivity contribution is 5.64. The maximum atomic E-state index is 13.5. The van der Waals surface area contributed by atoms with Crippen molar-refractivity contribution in [3.63, 3.8) is 0 Å². The summed E-state index contributed by atoms with van der Waals surface area (Å²) in [5.41, 5.74) is 2.18. The summed E-state index contributed by atoms with van der Waals surface area (Å²) >= 11 is 0. The largest absolute Gasteiger partial charge is 0.207 e. The second kappa shape index (κ2) is 3.81. The molecule has 0 fully saturated rings. The summed E-state index contributed by atoms with van der Waals surface area (Å²) < 4.78 is 26.2. The van der Waals surface area contributed by atoms with E-state index < -0.39 is 0 Å². The number of hydrogen-bond donors (Lipinski definition) is 0. The number of aryl methyl sites for hydroxylation is 1. The molecule has 0 spiro atoms. The molecule has 0 saturated carbocycles. The maximum absolute atomic E-state index is 13.5. The first kappa shape index (κ1) is 9.84. The van der Waals surface area contributed by atoms with Gasteiger partial charge in [-0.3, -0.25) is 0 Å². The van der Waals surface area contributed by atoms with Crippen LogP contribution >= 0.6 is 0 Å². The lowest BCUT2D eigenvalue weighted by atomic mass is 10.0. The molecule has 2 heteroatoms. The van der Waals surface area contributed by atoms with Gasteiger partial charge < -0.3 is 0 Å². The van der Waals surface area contributed by atoms with E-state index in [9.17, 15) is 8.78 Å². The first-order chi connectivity index (χ1) is 7.16. The molecule has 76 valence electrons. The van der Waals surface area contributed by atoms with Gasteiger partial charge in [0, 0.05) is 5.56 Å². The van der Waals surface area contributed by atoms with Crippen LogP contribution in [0.3, 0.4) is 0 Å². The van der Waals surface area contributed by atoms with E-state index in [0.717, 1.165) is 5.56 Å². The van der Waals surface area contributed by atoms with Gasteiger partial charge in [-0.1, -0.05) is 23.8 Å². The molecule has 0 saturated heterocycles. The van der Waals surface area contributed by atoms with Gasteiger partial charge in [-0.2, -0.15) is 0 Å². The van der Waals surface area contributed by atoms with E-state index in [-0.39, 0.29) is 11.6 Å². The molecule has 0 amide bonds. The summed E-state index contributed by atoms with van der Waals surface area (Å²) in [5, 5.41) is 0. The van der Waals surface area contributed by atoms with Crippen LogP contribution in [0.1, 0.15) is 5.56 Å². The Bertz CT molecular complexity index is 472. The highest BCUT2D eigenvalue weighted by atomic mass is 19.1. The molecular weight excluding hydrogens is 194 g/mol. The zero-order chi connectivity index (χ0) is 10.8. The molecule has 0 unspecified atom stereocenters. The van der Waals surface area contributed by atoms with Gasteiger partial charge in [-0.05, 0) is 36.8 Å². The van der Waals surface area contributed by atoms with E-state index in [2.05, 4.69) is 0 Å². The van der Waals surface area contributed by atoms with Crippen molar-refractivity contribution in [2.45, 2.75) is 6.92 Å². The smallest absolute Gasteiger partial charge is 0.131 e. The van der Waals surface area contributed by atoms with E-state index in [1.54, 1.807) is 24.3 Å². The van der Waals surface area contributed by atoms with Crippen LogP contribution in [0.4, 0.5) is 8.78 Å². The Morgan fingerprint density at radius 3 is 2.20 bits per heavy atom. The standard InChI is InChI=1S/C13H10F2/c1-9-2-7-13(15)12(8-9)10-3-5-11(14)6-4-10/h2-8H,1H3. The molecule has 0 atom stereocenters. The summed E-state index contributed by atoms with van der Waals surface area (Å²) in [6, 6.07) is 10.7. The zero-order valence-electron chi connectivity index (χ0n) is 8.30. The maximum Gasteiger partial charge on any atom is 0.131 e. The zero-order valence-corrected chi connectivity index (χ0v) is 8.30. The van der Waals surface area contributed by atoms with Crippen LogP contribution in [-0.4, -0.2) is 0 Å². The molecule has 0 aliphatic carbocycles. The predicted octanol–water partition coefficient (Wildman–Crippen LogP) is 3.94. The van der Waals surface area contributed by atoms with Crippen LogP contribution in [0.15, 0.2) is 42.5 Å². The topological polar surface area (TPSA) is 0 Å². The van der Waals surface area contributed by atoms with Crippen molar-refractivity contribution >= 4 is 0 Å². The predicted molar refractivity (Wildman–Crippen MR) is 56.5 cm³/mol. The van der Waals surface area contributed by atoms with Crippen LogP contribution in [0.25, 0.3) is 11.1 Å². The molecule has 0 aliphatic rings. The molecule has 0 heterocycles. The Hall–Kier alpha value is -1.70. The molecule has 0 aromatic heterocycles. The molecule has 2 rings (SSSR count). The second-order valence-electron chi connectivity index (χ2n) is 3.49. The van der Waals surface area contributed by atoms with E-state index >= 15 is 0 Å². The van der Waals surface area contributed by atoms with Gasteiger partial charge in [0.15, 0.2) is 0 Å². The lowest BCUT2D eigenvalue weighted by Gasteiger charge is -2.04. The lowest BCUT2D eigenvalue weighted by Crippen LogP contribution is -1.86. The van der Waals surface area contributed by atoms with Gasteiger partial charge in [-0.25, -0.2) is 8.78 Å². The summed E-state index contributed by atoms with van der Waals surface area (Å²) in [7, 11) is 0. The highest BCUT2D eigenvalue weighted by Gasteiger charge is 2.04. The van der Waals surface area contributed by atoms with E-state index in [4.69, 9.17) is 0 Å². The molecule has 2 aromatic rings. The fourth-order valence-corrected chi connectivity index (χ4v) is 1.49. The highest BCUT2D eigenvalue weighted by Crippen LogP contribution is 2.23. The van der Waals surface area contributed by atoms with Crippen molar-refractivity contribution in [3.05, 3.63) is 59.7 Å². The van der Waals surface area contributed by atoms with Gasteiger partial charge in [0.1, 0.15) is 11.6 Å². The molecule has 15 heavy (non-hydrogen) atoms. The van der Waals surface area contributed by atoms with Crippen LogP contribution in [0, 0.1) is 18.6 Å². The van der Waals surface area contributed by atoms with Crippen molar-refractivity contribution in [1.29, 1.82) is 0 Å². The third-order valence-electron chi connectivity index (χ3n) is 2.28. The van der Waals surface area contributed by atoms with Crippen molar-refractivity contribution < 1.29 is 8.78 Å². The molecular formula is C13H10F2. The Labute approximate surface area is 87.2 Å². The van der Waals surface area contributed by atoms with Crippen LogP contribution in [0.5, 0.6) is 0 Å². The number of halogens is 2. The van der Waals surface area contributed by atoms with E-state index in [1.165, 1.54) is 18.2 Å². The minimum atomic E-state index is -0.313. The van der Waals surface area contributed by atoms with Crippen molar-refractivity contribution in [2.75, 3.05) is 0 Å². The van der Waals surface area contributed by atoms with Gasteiger partial charge >= 0.3 is 0 Å². The SMILES string of the molecule is Cc1ccc(F)c(-c2ccc(F)cc2)c1. The third-order valence-corrected chi connectivity index (χ3v) is 2.28. The lowest BCUT2D eigenvalue weighted by molar-refractivity contribution is 0.625. The fraction of sp³-hybridized carbons (Fsp3) is 0.0769. The first-order valence-electron chi connectivity index (χ1n) is 4.69. The summed E-state index contributed by atoms with van der Waals surface area (Å²) in [4.78, 5) is 0. The van der Waals surface area contributed by atoms with Gasteiger partial charge in [0.05, 0.1) is 0 Å². The number of hydrogen-bond acceptors (Lipinski definition) is 0. The fourth-order valence-electron chi connectivity index (χ4n) is 1.49. The Balaban J connectivity index is 2.53. The Morgan fingerprint density at radius 2 is 1.53 bits per heavy atom. The second-order valence-corrected chi connectivity index (χ2v) is 3.49. The molecule has 0 bridgehead atoms. The number of benzene rings is 2. The monoisotopic (exact) mass is 204 g/mol. The van der Waals surface area contributed by atoms with E-state index in [1.807, 2.05) is 6.92 Å². The summed E-state index contributed by atoms with van der Waals surface area (Å²) in [5.74, 6) is -0.598. The summed E-state index contributed by atoms with van der Waals surface area (Å²) in [6.07, 6.45) is 0. The van der Waals surface area contributed by atoms with Crippen LogP contribution < -0.4 is 0 Å². The molecule has 0 aliphatic heterocycles. The van der Waals surface area contributed by atoms with Crippen molar-refractivity contribution in [3.8, 4) is 11.1 Å². The Morgan fingerprint density at radius 1 is 0.867 bits per heavy atom. The summed E-state index contributed by atoms with van der Waals surface area (Å²) in [6.45, 7) is 1.90. The number of rotatable bonds is 1. The minimum Gasteiger partial charge on any atom is -0.207 e. The average Bonchev–Trinajstić information content (AvgIpc) is 2.23. The van der Waals surface area contributed by atoms with Gasteiger partial charge in [0.2, 0.25) is 0 Å². The normalized spacial score (nSPS) is 10.3. The third kappa shape index (κ3) is 2.04. The minimum absolute atomic E-state index is 0.285. The average molecular weight is 204 g/mol. The molecule has 0 radical (unpaired) electrons. The van der Waals surface area contributed by atoms with Crippen molar-refractivity contribution in [1.82, 2.24) is 0 Å². The van der Waals surface area contributed by atoms with Gasteiger partial charge in [0.25, 0.3) is 0 Å². The van der Waals surface area contributed by atoms with Crippen LogP contribution in [-0.2, 0) is 0 Å². The first-order valence-corrected chi connectivity index (χ1v) is 4.69.